The topological polar surface area (TPSA) is 83.8 Å². The third-order valence-corrected chi connectivity index (χ3v) is 6.31. The Hall–Kier alpha value is -3.78. The van der Waals surface area contributed by atoms with Crippen LogP contribution in [0.1, 0.15) is 31.2 Å². The number of nitro benzene ring substituents is 1. The minimum Gasteiger partial charge on any atom is -0.332 e. The van der Waals surface area contributed by atoms with E-state index in [4.69, 9.17) is 0 Å². The Bertz CT molecular complexity index is 1190. The van der Waals surface area contributed by atoms with Gasteiger partial charge >= 0.3 is 0 Å². The van der Waals surface area contributed by atoms with E-state index >= 15 is 0 Å². The molecular weight excluding hydrogens is 450 g/mol. The fourth-order valence-electron chi connectivity index (χ4n) is 3.55. The molecule has 0 N–H and O–H groups in total. The first kappa shape index (κ1) is 24.9. The van der Waals surface area contributed by atoms with Crippen LogP contribution in [0.15, 0.2) is 73.3 Å². The van der Waals surface area contributed by atoms with Gasteiger partial charge in [-0.15, -0.1) is 17.9 Å². The summed E-state index contributed by atoms with van der Waals surface area (Å²) >= 11 is 1.63. The molecule has 0 aliphatic heterocycles. The third kappa shape index (κ3) is 6.39. The fourth-order valence-corrected chi connectivity index (χ4v) is 4.46. The highest BCUT2D eigenvalue weighted by Gasteiger charge is 2.24. The van der Waals surface area contributed by atoms with Gasteiger partial charge in [-0.05, 0) is 37.6 Å². The summed E-state index contributed by atoms with van der Waals surface area (Å²) in [5.74, 6) is -0.672. The lowest BCUT2D eigenvalue weighted by atomic mass is 10.1. The molecule has 0 radical (unpaired) electrons. The Kier molecular flexibility index (Phi) is 8.32. The third-order valence-electron chi connectivity index (χ3n) is 5.33. The smallest absolute Gasteiger partial charge is 0.273 e. The first-order valence-corrected chi connectivity index (χ1v) is 11.6. The molecular formula is C26H27N3O4S. The van der Waals surface area contributed by atoms with Gasteiger partial charge in [-0.25, -0.2) is 0 Å². The lowest BCUT2D eigenvalue weighted by Gasteiger charge is -2.27. The lowest BCUT2D eigenvalue weighted by Crippen LogP contribution is -2.42. The van der Waals surface area contributed by atoms with Crippen molar-refractivity contribution in [1.29, 1.82) is 0 Å². The van der Waals surface area contributed by atoms with Crippen molar-refractivity contribution < 1.29 is 14.5 Å². The van der Waals surface area contributed by atoms with Gasteiger partial charge in [-0.2, -0.15) is 0 Å². The quantitative estimate of drug-likeness (QED) is 0.230. The zero-order chi connectivity index (χ0) is 24.7. The van der Waals surface area contributed by atoms with Crippen LogP contribution in [0.3, 0.4) is 0 Å². The van der Waals surface area contributed by atoms with Crippen LogP contribution in [0.25, 0.3) is 0 Å². The van der Waals surface area contributed by atoms with E-state index in [1.807, 2.05) is 49.4 Å². The number of nitrogens with zero attached hydrogens (tertiary/aromatic N) is 3. The maximum absolute atomic E-state index is 13.4. The van der Waals surface area contributed by atoms with Gasteiger partial charge in [0.15, 0.2) is 0 Å². The fraction of sp³-hybridized carbons (Fsp3) is 0.231. The number of carbonyl (C=O) groups is 2. The van der Waals surface area contributed by atoms with E-state index < -0.39 is 10.8 Å². The normalized spacial score (nSPS) is 10.5. The summed E-state index contributed by atoms with van der Waals surface area (Å²) in [5.41, 5.74) is 1.48. The number of aryl methyl sites for hydroxylation is 2. The summed E-state index contributed by atoms with van der Waals surface area (Å²) in [6.45, 7) is 8.15. The Labute approximate surface area is 203 Å². The van der Waals surface area contributed by atoms with Crippen LogP contribution in [0, 0.1) is 24.0 Å². The summed E-state index contributed by atoms with van der Waals surface area (Å²) in [7, 11) is 0. The monoisotopic (exact) mass is 477 g/mol. The maximum atomic E-state index is 13.4. The second-order valence-electron chi connectivity index (χ2n) is 7.98. The number of hydrogen-bond donors (Lipinski definition) is 0. The standard InChI is InChI=1S/C26H27N3O4S/c1-4-14-27(26(31)22-12-10-19(2)24(15-22)29(32)33)18-25(30)28(16-21-8-6-5-7-9-21)17-23-13-11-20(3)34-23/h4-13,15H,1,14,16-18H2,2-3H3. The molecule has 0 spiro atoms. The highest BCUT2D eigenvalue weighted by atomic mass is 32.1. The summed E-state index contributed by atoms with van der Waals surface area (Å²) in [6.07, 6.45) is 1.54. The van der Waals surface area contributed by atoms with E-state index in [0.29, 0.717) is 18.7 Å². The second kappa shape index (κ2) is 11.4. The summed E-state index contributed by atoms with van der Waals surface area (Å²) in [6, 6.07) is 18.0. The minimum atomic E-state index is -0.514. The molecule has 1 aromatic heterocycles. The van der Waals surface area contributed by atoms with Gasteiger partial charge in [0.2, 0.25) is 5.91 Å². The van der Waals surface area contributed by atoms with E-state index in [2.05, 4.69) is 6.58 Å². The average molecular weight is 478 g/mol. The molecule has 0 aliphatic rings. The maximum Gasteiger partial charge on any atom is 0.273 e. The molecule has 1 heterocycles. The van der Waals surface area contributed by atoms with Crippen LogP contribution in [0.5, 0.6) is 0 Å². The molecule has 0 bridgehead atoms. The van der Waals surface area contributed by atoms with Crippen molar-refractivity contribution in [2.75, 3.05) is 13.1 Å². The average Bonchev–Trinajstić information content (AvgIpc) is 3.23. The van der Waals surface area contributed by atoms with Gasteiger partial charge < -0.3 is 9.80 Å². The van der Waals surface area contributed by atoms with E-state index in [1.165, 1.54) is 17.0 Å². The van der Waals surface area contributed by atoms with Crippen molar-refractivity contribution >= 4 is 28.8 Å². The molecule has 0 atom stereocenters. The number of benzene rings is 2. The predicted molar refractivity (Wildman–Crippen MR) is 134 cm³/mol. The van der Waals surface area contributed by atoms with Gasteiger partial charge in [-0.3, -0.25) is 19.7 Å². The van der Waals surface area contributed by atoms with Crippen molar-refractivity contribution in [3.63, 3.8) is 0 Å². The van der Waals surface area contributed by atoms with Crippen molar-refractivity contribution in [1.82, 2.24) is 9.80 Å². The first-order chi connectivity index (χ1) is 16.3. The molecule has 176 valence electrons. The highest BCUT2D eigenvalue weighted by molar-refractivity contribution is 7.11. The highest BCUT2D eigenvalue weighted by Crippen LogP contribution is 2.21. The molecule has 34 heavy (non-hydrogen) atoms. The van der Waals surface area contributed by atoms with Crippen LogP contribution < -0.4 is 0 Å². The van der Waals surface area contributed by atoms with Gasteiger partial charge in [0.25, 0.3) is 11.6 Å². The zero-order valence-electron chi connectivity index (χ0n) is 19.3. The van der Waals surface area contributed by atoms with Crippen molar-refractivity contribution in [3.8, 4) is 0 Å². The van der Waals surface area contributed by atoms with Crippen molar-refractivity contribution in [3.05, 3.63) is 110 Å². The van der Waals surface area contributed by atoms with Crippen LogP contribution in [0.4, 0.5) is 5.69 Å². The molecule has 0 saturated heterocycles. The van der Waals surface area contributed by atoms with Gasteiger partial charge in [-0.1, -0.05) is 42.5 Å². The summed E-state index contributed by atoms with van der Waals surface area (Å²) < 4.78 is 0. The molecule has 7 nitrogen and oxygen atoms in total. The Morgan fingerprint density at radius 2 is 1.76 bits per heavy atom. The van der Waals surface area contributed by atoms with Crippen LogP contribution in [-0.2, 0) is 17.9 Å². The number of carbonyl (C=O) groups excluding carboxylic acids is 2. The van der Waals surface area contributed by atoms with E-state index in [9.17, 15) is 19.7 Å². The van der Waals surface area contributed by atoms with E-state index in [1.54, 1.807) is 35.3 Å². The molecule has 8 heteroatoms. The van der Waals surface area contributed by atoms with Crippen molar-refractivity contribution in [2.45, 2.75) is 26.9 Å². The van der Waals surface area contributed by atoms with Crippen LogP contribution in [0.2, 0.25) is 0 Å². The summed E-state index contributed by atoms with van der Waals surface area (Å²) in [5, 5.41) is 11.3. The number of hydrogen-bond acceptors (Lipinski definition) is 5. The number of nitro groups is 1. The largest absolute Gasteiger partial charge is 0.332 e. The SMILES string of the molecule is C=CCN(CC(=O)N(Cc1ccccc1)Cc1ccc(C)s1)C(=O)c1ccc(C)c([N+](=O)[O-])c1. The molecule has 2 amide bonds. The summed E-state index contributed by atoms with van der Waals surface area (Å²) in [4.78, 5) is 42.7. The molecule has 0 unspecified atom stereocenters. The molecule has 0 fully saturated rings. The molecule has 0 aliphatic carbocycles. The van der Waals surface area contributed by atoms with Gasteiger partial charge in [0.1, 0.15) is 6.54 Å². The van der Waals surface area contributed by atoms with E-state index in [-0.39, 0.29) is 30.2 Å². The predicted octanol–water partition coefficient (Wildman–Crippen LogP) is 5.13. The Morgan fingerprint density at radius 3 is 2.38 bits per heavy atom. The number of thiophene rings is 1. The zero-order valence-corrected chi connectivity index (χ0v) is 20.1. The Morgan fingerprint density at radius 1 is 1.03 bits per heavy atom. The molecule has 0 saturated carbocycles. The molecule has 3 rings (SSSR count). The van der Waals surface area contributed by atoms with Gasteiger partial charge in [0.05, 0.1) is 11.5 Å². The van der Waals surface area contributed by atoms with Crippen LogP contribution >= 0.6 is 11.3 Å². The minimum absolute atomic E-state index is 0.130. The van der Waals surface area contributed by atoms with E-state index in [0.717, 1.165) is 15.3 Å². The van der Waals surface area contributed by atoms with Gasteiger partial charge in [0, 0.05) is 40.0 Å². The lowest BCUT2D eigenvalue weighted by molar-refractivity contribution is -0.385. The van der Waals surface area contributed by atoms with Crippen LogP contribution in [-0.4, -0.2) is 39.6 Å². The van der Waals surface area contributed by atoms with Crippen molar-refractivity contribution in [2.24, 2.45) is 0 Å². The number of amides is 2. The number of rotatable bonds is 10. The second-order valence-corrected chi connectivity index (χ2v) is 9.35. The molecule has 2 aromatic carbocycles. The molecule has 3 aromatic rings. The Balaban J connectivity index is 1.83. The first-order valence-electron chi connectivity index (χ1n) is 10.8.